The molecule has 0 spiro atoms. The number of carbonyl (C=O) groups excluding carboxylic acids is 1. The van der Waals surface area contributed by atoms with Gasteiger partial charge in [-0.2, -0.15) is 0 Å². The average Bonchev–Trinajstić information content (AvgIpc) is 2.65. The zero-order valence-corrected chi connectivity index (χ0v) is 9.49. The fourth-order valence-corrected chi connectivity index (χ4v) is 2.71. The summed E-state index contributed by atoms with van der Waals surface area (Å²) >= 11 is 0. The van der Waals surface area contributed by atoms with E-state index in [1.165, 1.54) is 22.2 Å². The van der Waals surface area contributed by atoms with Crippen LogP contribution in [0.15, 0.2) is 24.3 Å². The highest BCUT2D eigenvalue weighted by molar-refractivity contribution is 5.85. The second kappa shape index (κ2) is 3.80. The molecule has 17 heavy (non-hydrogen) atoms. The average molecular weight is 229 g/mol. The van der Waals surface area contributed by atoms with E-state index in [4.69, 9.17) is 5.73 Å². The van der Waals surface area contributed by atoms with Crippen LogP contribution in [0.5, 0.6) is 0 Å². The number of urea groups is 1. The number of aryl methyl sites for hydroxylation is 1. The Bertz CT molecular complexity index is 573. The Morgan fingerprint density at radius 2 is 2.24 bits per heavy atom. The predicted octanol–water partition coefficient (Wildman–Crippen LogP) is 1.69. The van der Waals surface area contributed by atoms with Crippen molar-refractivity contribution in [2.24, 2.45) is 5.73 Å². The molecule has 0 radical (unpaired) electrons. The maximum atomic E-state index is 10.9. The van der Waals surface area contributed by atoms with E-state index in [-0.39, 0.29) is 6.04 Å². The molecule has 2 amide bonds. The highest BCUT2D eigenvalue weighted by atomic mass is 16.2. The zero-order chi connectivity index (χ0) is 11.8. The van der Waals surface area contributed by atoms with Gasteiger partial charge in [0.1, 0.15) is 0 Å². The highest BCUT2D eigenvalue weighted by Crippen LogP contribution is 2.28. The van der Waals surface area contributed by atoms with Gasteiger partial charge in [-0.25, -0.2) is 4.79 Å². The first-order valence-corrected chi connectivity index (χ1v) is 5.88. The second-order valence-electron chi connectivity index (χ2n) is 4.58. The number of aromatic nitrogens is 1. The van der Waals surface area contributed by atoms with Gasteiger partial charge in [0.15, 0.2) is 0 Å². The molecule has 1 aliphatic rings. The molecule has 0 bridgehead atoms. The molecule has 0 saturated carbocycles. The van der Waals surface area contributed by atoms with Gasteiger partial charge in [-0.1, -0.05) is 18.2 Å². The summed E-state index contributed by atoms with van der Waals surface area (Å²) in [5, 5.41) is 4.09. The van der Waals surface area contributed by atoms with Gasteiger partial charge in [-0.05, 0) is 24.5 Å². The van der Waals surface area contributed by atoms with E-state index in [0.717, 1.165) is 19.3 Å². The number of fused-ring (bicyclic) bond motifs is 3. The van der Waals surface area contributed by atoms with E-state index >= 15 is 0 Å². The molecule has 1 atom stereocenters. The fourth-order valence-electron chi connectivity index (χ4n) is 2.71. The maximum Gasteiger partial charge on any atom is 0.312 e. The lowest BCUT2D eigenvalue weighted by Crippen LogP contribution is -2.41. The molecule has 4 nitrogen and oxygen atoms in total. The molecule has 1 aliphatic carbocycles. The van der Waals surface area contributed by atoms with Gasteiger partial charge < -0.3 is 16.0 Å². The van der Waals surface area contributed by atoms with Crippen molar-refractivity contribution in [2.75, 3.05) is 0 Å². The number of para-hydroxylation sites is 1. The number of H-pyrrole nitrogens is 1. The van der Waals surface area contributed by atoms with Gasteiger partial charge in [0, 0.05) is 29.1 Å². The third kappa shape index (κ3) is 1.75. The summed E-state index contributed by atoms with van der Waals surface area (Å²) in [6, 6.07) is 8.05. The third-order valence-electron chi connectivity index (χ3n) is 3.44. The minimum atomic E-state index is -0.436. The van der Waals surface area contributed by atoms with Crippen LogP contribution >= 0.6 is 0 Å². The van der Waals surface area contributed by atoms with E-state index in [1.807, 2.05) is 6.07 Å². The van der Waals surface area contributed by atoms with E-state index < -0.39 is 6.03 Å². The largest absolute Gasteiger partial charge is 0.358 e. The van der Waals surface area contributed by atoms with Gasteiger partial charge in [-0.3, -0.25) is 0 Å². The van der Waals surface area contributed by atoms with Crippen molar-refractivity contribution in [1.29, 1.82) is 0 Å². The predicted molar refractivity (Wildman–Crippen MR) is 66.8 cm³/mol. The molecule has 1 aromatic heterocycles. The van der Waals surface area contributed by atoms with E-state index in [0.29, 0.717) is 0 Å². The minimum absolute atomic E-state index is 0.160. The lowest BCUT2D eigenvalue weighted by Gasteiger charge is -2.22. The monoisotopic (exact) mass is 229 g/mol. The molecule has 4 heteroatoms. The number of primary amides is 1. The van der Waals surface area contributed by atoms with Gasteiger partial charge in [-0.15, -0.1) is 0 Å². The van der Waals surface area contributed by atoms with Crippen LogP contribution in [0.25, 0.3) is 10.9 Å². The number of nitrogens with one attached hydrogen (secondary N) is 2. The number of rotatable bonds is 1. The fraction of sp³-hybridized carbons (Fsp3) is 0.308. The Labute approximate surface area is 99.2 Å². The summed E-state index contributed by atoms with van der Waals surface area (Å²) < 4.78 is 0. The Hall–Kier alpha value is -1.97. The Morgan fingerprint density at radius 1 is 1.41 bits per heavy atom. The van der Waals surface area contributed by atoms with Crippen molar-refractivity contribution in [1.82, 2.24) is 10.3 Å². The van der Waals surface area contributed by atoms with E-state index in [1.54, 1.807) is 0 Å². The molecular formula is C13H15N3O. The molecule has 0 aliphatic heterocycles. The summed E-state index contributed by atoms with van der Waals surface area (Å²) in [4.78, 5) is 14.3. The molecular weight excluding hydrogens is 214 g/mol. The quantitative estimate of drug-likeness (QED) is 0.684. The first-order chi connectivity index (χ1) is 8.24. The summed E-state index contributed by atoms with van der Waals surface area (Å²) in [5.41, 5.74) is 8.96. The third-order valence-corrected chi connectivity index (χ3v) is 3.44. The molecule has 2 aromatic rings. The molecule has 3 rings (SSSR count). The Kier molecular flexibility index (Phi) is 2.28. The van der Waals surface area contributed by atoms with Crippen LogP contribution in [0.4, 0.5) is 4.79 Å². The van der Waals surface area contributed by atoms with Crippen molar-refractivity contribution in [3.05, 3.63) is 35.5 Å². The van der Waals surface area contributed by atoms with Gasteiger partial charge in [0.2, 0.25) is 0 Å². The van der Waals surface area contributed by atoms with Crippen LogP contribution in [0.3, 0.4) is 0 Å². The number of amides is 2. The van der Waals surface area contributed by atoms with Crippen molar-refractivity contribution >= 4 is 16.9 Å². The van der Waals surface area contributed by atoms with Gasteiger partial charge in [0.25, 0.3) is 0 Å². The molecule has 1 unspecified atom stereocenters. The Morgan fingerprint density at radius 3 is 3.06 bits per heavy atom. The number of carbonyl (C=O) groups is 1. The molecule has 1 aromatic carbocycles. The SMILES string of the molecule is NC(=O)NC1CCc2c([nH]c3ccccc23)C1. The first kappa shape index (κ1) is 10.2. The first-order valence-electron chi connectivity index (χ1n) is 5.88. The van der Waals surface area contributed by atoms with Crippen LogP contribution in [0, 0.1) is 0 Å². The van der Waals surface area contributed by atoms with E-state index in [2.05, 4.69) is 28.5 Å². The number of benzene rings is 1. The van der Waals surface area contributed by atoms with Crippen LogP contribution < -0.4 is 11.1 Å². The summed E-state index contributed by atoms with van der Waals surface area (Å²) in [7, 11) is 0. The highest BCUT2D eigenvalue weighted by Gasteiger charge is 2.22. The van der Waals surface area contributed by atoms with Crippen molar-refractivity contribution in [2.45, 2.75) is 25.3 Å². The standard InChI is InChI=1S/C13H15N3O/c14-13(17)15-8-5-6-10-9-3-1-2-4-11(9)16-12(10)7-8/h1-4,8,16H,5-7H2,(H3,14,15,17). The van der Waals surface area contributed by atoms with E-state index in [9.17, 15) is 4.79 Å². The number of aromatic amines is 1. The Balaban J connectivity index is 1.95. The molecule has 4 N–H and O–H groups in total. The summed E-state index contributed by atoms with van der Waals surface area (Å²) in [5.74, 6) is 0. The lowest BCUT2D eigenvalue weighted by molar-refractivity contribution is 0.244. The second-order valence-corrected chi connectivity index (χ2v) is 4.58. The number of hydrogen-bond acceptors (Lipinski definition) is 1. The van der Waals surface area contributed by atoms with Crippen molar-refractivity contribution in [3.8, 4) is 0 Å². The van der Waals surface area contributed by atoms with Crippen LogP contribution in [0.1, 0.15) is 17.7 Å². The number of hydrogen-bond donors (Lipinski definition) is 3. The zero-order valence-electron chi connectivity index (χ0n) is 9.49. The minimum Gasteiger partial charge on any atom is -0.358 e. The summed E-state index contributed by atoms with van der Waals surface area (Å²) in [6.45, 7) is 0. The van der Waals surface area contributed by atoms with Gasteiger partial charge >= 0.3 is 6.03 Å². The summed E-state index contributed by atoms with van der Waals surface area (Å²) in [6.07, 6.45) is 2.79. The smallest absolute Gasteiger partial charge is 0.312 e. The normalized spacial score (nSPS) is 18.9. The van der Waals surface area contributed by atoms with Crippen LogP contribution in [-0.4, -0.2) is 17.1 Å². The van der Waals surface area contributed by atoms with Crippen molar-refractivity contribution in [3.63, 3.8) is 0 Å². The molecule has 1 heterocycles. The maximum absolute atomic E-state index is 10.9. The van der Waals surface area contributed by atoms with Crippen LogP contribution in [0.2, 0.25) is 0 Å². The van der Waals surface area contributed by atoms with Gasteiger partial charge in [0.05, 0.1) is 0 Å². The van der Waals surface area contributed by atoms with Crippen LogP contribution in [-0.2, 0) is 12.8 Å². The number of nitrogens with two attached hydrogens (primary N) is 1. The molecule has 0 saturated heterocycles. The molecule has 88 valence electrons. The lowest BCUT2D eigenvalue weighted by atomic mass is 9.92. The van der Waals surface area contributed by atoms with Crippen molar-refractivity contribution < 1.29 is 4.79 Å². The molecule has 0 fully saturated rings. The topological polar surface area (TPSA) is 70.9 Å².